The SMILES string of the molecule is COc1ccccc1Cn1c(=O)c2sccc2n2c(SCc3c(C)cc(C)cc3C)nnc12. The van der Waals surface area contributed by atoms with Crippen molar-refractivity contribution in [3.05, 3.63) is 86.0 Å². The molecule has 0 spiro atoms. The van der Waals surface area contributed by atoms with Gasteiger partial charge in [-0.1, -0.05) is 47.7 Å². The highest BCUT2D eigenvalue weighted by atomic mass is 32.2. The molecular weight excluding hydrogens is 452 g/mol. The number of methoxy groups -OCH3 is 1. The molecule has 5 rings (SSSR count). The summed E-state index contributed by atoms with van der Waals surface area (Å²) in [6, 6.07) is 14.1. The number of nitrogens with zero attached hydrogens (tertiary/aromatic N) is 4. The van der Waals surface area contributed by atoms with E-state index in [-0.39, 0.29) is 5.56 Å². The second-order valence-corrected chi connectivity index (χ2v) is 9.98. The Morgan fingerprint density at radius 3 is 2.58 bits per heavy atom. The number of hydrogen-bond donors (Lipinski definition) is 0. The summed E-state index contributed by atoms with van der Waals surface area (Å²) < 4.78 is 9.90. The van der Waals surface area contributed by atoms with Crippen molar-refractivity contribution >= 4 is 39.1 Å². The molecule has 33 heavy (non-hydrogen) atoms. The Labute approximate surface area is 199 Å². The molecule has 6 nitrogen and oxygen atoms in total. The molecule has 5 aromatic rings. The summed E-state index contributed by atoms with van der Waals surface area (Å²) in [4.78, 5) is 13.4. The molecule has 3 heterocycles. The third-order valence-corrected chi connectivity index (χ3v) is 7.74. The third-order valence-electron chi connectivity index (χ3n) is 5.89. The van der Waals surface area contributed by atoms with Crippen molar-refractivity contribution in [1.29, 1.82) is 0 Å². The number of thioether (sulfide) groups is 1. The van der Waals surface area contributed by atoms with E-state index in [1.54, 1.807) is 23.4 Å². The molecular formula is C25H24N4O2S2. The summed E-state index contributed by atoms with van der Waals surface area (Å²) in [6.45, 7) is 6.79. The molecule has 0 atom stereocenters. The van der Waals surface area contributed by atoms with Gasteiger partial charge < -0.3 is 4.74 Å². The van der Waals surface area contributed by atoms with Crippen molar-refractivity contribution in [2.75, 3.05) is 7.11 Å². The van der Waals surface area contributed by atoms with Crippen LogP contribution < -0.4 is 10.3 Å². The maximum atomic E-state index is 13.4. The summed E-state index contributed by atoms with van der Waals surface area (Å²) in [6.07, 6.45) is 0. The zero-order chi connectivity index (χ0) is 23.1. The van der Waals surface area contributed by atoms with Gasteiger partial charge in [0.05, 0.1) is 19.2 Å². The number of aryl methyl sites for hydroxylation is 3. The van der Waals surface area contributed by atoms with E-state index in [2.05, 4.69) is 43.1 Å². The second kappa shape index (κ2) is 8.68. The molecule has 0 N–H and O–H groups in total. The first-order valence-corrected chi connectivity index (χ1v) is 12.5. The first kappa shape index (κ1) is 21.7. The van der Waals surface area contributed by atoms with Gasteiger partial charge in [0.25, 0.3) is 5.56 Å². The van der Waals surface area contributed by atoms with Gasteiger partial charge in [0, 0.05) is 11.3 Å². The zero-order valence-corrected chi connectivity index (χ0v) is 20.6. The van der Waals surface area contributed by atoms with Gasteiger partial charge in [-0.25, -0.2) is 0 Å². The molecule has 8 heteroatoms. The first-order valence-electron chi connectivity index (χ1n) is 10.6. The Balaban J connectivity index is 1.61. The fraction of sp³-hybridized carbons (Fsp3) is 0.240. The van der Waals surface area contributed by atoms with Crippen LogP contribution in [-0.2, 0) is 12.3 Å². The van der Waals surface area contributed by atoms with Crippen LogP contribution >= 0.6 is 23.1 Å². The van der Waals surface area contributed by atoms with Crippen LogP contribution in [0.1, 0.15) is 27.8 Å². The van der Waals surface area contributed by atoms with Crippen molar-refractivity contribution in [3.8, 4) is 5.75 Å². The molecule has 0 aliphatic carbocycles. The number of fused-ring (bicyclic) bond motifs is 3. The molecule has 0 fully saturated rings. The maximum Gasteiger partial charge on any atom is 0.273 e. The van der Waals surface area contributed by atoms with Crippen molar-refractivity contribution < 1.29 is 4.74 Å². The number of hydrogen-bond acceptors (Lipinski definition) is 6. The van der Waals surface area contributed by atoms with Gasteiger partial charge in [-0.15, -0.1) is 21.5 Å². The summed E-state index contributed by atoms with van der Waals surface area (Å²) >= 11 is 3.09. The van der Waals surface area contributed by atoms with E-state index in [0.29, 0.717) is 17.0 Å². The number of ether oxygens (including phenoxy) is 1. The lowest BCUT2D eigenvalue weighted by molar-refractivity contribution is 0.408. The van der Waals surface area contributed by atoms with E-state index in [9.17, 15) is 4.79 Å². The van der Waals surface area contributed by atoms with Crippen molar-refractivity contribution in [1.82, 2.24) is 19.2 Å². The maximum absolute atomic E-state index is 13.4. The normalized spacial score (nSPS) is 11.5. The van der Waals surface area contributed by atoms with Crippen LogP contribution in [0.4, 0.5) is 0 Å². The predicted molar refractivity (Wildman–Crippen MR) is 135 cm³/mol. The van der Waals surface area contributed by atoms with Gasteiger partial charge >= 0.3 is 0 Å². The molecule has 0 saturated heterocycles. The summed E-state index contributed by atoms with van der Waals surface area (Å²) in [5.41, 5.74) is 6.85. The molecule has 0 unspecified atom stereocenters. The minimum atomic E-state index is -0.0624. The van der Waals surface area contributed by atoms with E-state index < -0.39 is 0 Å². The average Bonchev–Trinajstić information content (AvgIpc) is 3.43. The van der Waals surface area contributed by atoms with Gasteiger partial charge in [0.1, 0.15) is 10.4 Å². The molecule has 0 bridgehead atoms. The van der Waals surface area contributed by atoms with Crippen LogP contribution in [0, 0.1) is 20.8 Å². The van der Waals surface area contributed by atoms with E-state index in [1.165, 1.54) is 33.6 Å². The van der Waals surface area contributed by atoms with Crippen molar-refractivity contribution in [2.24, 2.45) is 0 Å². The van der Waals surface area contributed by atoms with Gasteiger partial charge in [-0.3, -0.25) is 13.8 Å². The van der Waals surface area contributed by atoms with Crippen LogP contribution in [0.5, 0.6) is 5.75 Å². The molecule has 3 aromatic heterocycles. The summed E-state index contributed by atoms with van der Waals surface area (Å²) in [5, 5.41) is 11.7. The first-order chi connectivity index (χ1) is 16.0. The highest BCUT2D eigenvalue weighted by Crippen LogP contribution is 2.29. The minimum Gasteiger partial charge on any atom is -0.496 e. The number of rotatable bonds is 6. The fourth-order valence-electron chi connectivity index (χ4n) is 4.31. The highest BCUT2D eigenvalue weighted by molar-refractivity contribution is 7.98. The standard InChI is InChI=1S/C25H24N4O2S2/c1-15-11-16(2)19(17(3)12-15)14-33-25-27-26-24-28(13-18-7-5-6-8-21(18)31-4)23(30)22-20(29(24)25)9-10-32-22/h5-12H,13-14H2,1-4H3. The van der Waals surface area contributed by atoms with E-state index in [0.717, 1.165) is 27.7 Å². The fourth-order valence-corrected chi connectivity index (χ4v) is 6.27. The average molecular weight is 477 g/mol. The summed E-state index contributed by atoms with van der Waals surface area (Å²) in [5.74, 6) is 2.07. The van der Waals surface area contributed by atoms with Gasteiger partial charge in [-0.2, -0.15) is 0 Å². The van der Waals surface area contributed by atoms with Crippen LogP contribution in [0.15, 0.2) is 57.8 Å². The lowest BCUT2D eigenvalue weighted by atomic mass is 10.0. The largest absolute Gasteiger partial charge is 0.496 e. The molecule has 0 aliphatic rings. The number of benzene rings is 2. The molecule has 0 radical (unpaired) electrons. The number of para-hydroxylation sites is 1. The Hall–Kier alpha value is -3.10. The van der Waals surface area contributed by atoms with Crippen molar-refractivity contribution in [2.45, 2.75) is 38.2 Å². The van der Waals surface area contributed by atoms with Crippen LogP contribution in [0.2, 0.25) is 0 Å². The van der Waals surface area contributed by atoms with Gasteiger partial charge in [0.2, 0.25) is 5.78 Å². The Bertz CT molecular complexity index is 1520. The number of aromatic nitrogens is 4. The lowest BCUT2D eigenvalue weighted by Crippen LogP contribution is -2.23. The molecule has 0 saturated carbocycles. The monoisotopic (exact) mass is 476 g/mol. The van der Waals surface area contributed by atoms with E-state index >= 15 is 0 Å². The third kappa shape index (κ3) is 3.83. The minimum absolute atomic E-state index is 0.0624. The van der Waals surface area contributed by atoms with Crippen LogP contribution in [0.3, 0.4) is 0 Å². The zero-order valence-electron chi connectivity index (χ0n) is 19.0. The smallest absolute Gasteiger partial charge is 0.273 e. The molecule has 168 valence electrons. The Morgan fingerprint density at radius 1 is 1.06 bits per heavy atom. The van der Waals surface area contributed by atoms with E-state index in [1.807, 2.05) is 40.1 Å². The molecule has 0 aliphatic heterocycles. The lowest BCUT2D eigenvalue weighted by Gasteiger charge is -2.13. The molecule has 2 aromatic carbocycles. The summed E-state index contributed by atoms with van der Waals surface area (Å²) in [7, 11) is 1.64. The molecule has 0 amide bonds. The van der Waals surface area contributed by atoms with Crippen LogP contribution in [0.25, 0.3) is 16.0 Å². The number of thiophene rings is 1. The highest BCUT2D eigenvalue weighted by Gasteiger charge is 2.19. The predicted octanol–water partition coefficient (Wildman–Crippen LogP) is 5.38. The van der Waals surface area contributed by atoms with E-state index in [4.69, 9.17) is 4.74 Å². The Morgan fingerprint density at radius 2 is 1.82 bits per heavy atom. The topological polar surface area (TPSA) is 61.4 Å². The Kier molecular flexibility index (Phi) is 5.72. The van der Waals surface area contributed by atoms with Gasteiger partial charge in [0.15, 0.2) is 5.16 Å². The second-order valence-electron chi connectivity index (χ2n) is 8.12. The van der Waals surface area contributed by atoms with Crippen molar-refractivity contribution in [3.63, 3.8) is 0 Å². The van der Waals surface area contributed by atoms with Crippen LogP contribution in [-0.4, -0.2) is 26.3 Å². The quantitative estimate of drug-likeness (QED) is 0.308. The van der Waals surface area contributed by atoms with Gasteiger partial charge in [-0.05, 0) is 55.0 Å².